The normalized spacial score (nSPS) is 11.3. The summed E-state index contributed by atoms with van der Waals surface area (Å²) in [6, 6.07) is 30.0. The van der Waals surface area contributed by atoms with Crippen molar-refractivity contribution in [2.45, 2.75) is 0 Å². The van der Waals surface area contributed by atoms with E-state index in [9.17, 15) is 0 Å². The van der Waals surface area contributed by atoms with Crippen LogP contribution in [0.5, 0.6) is 0 Å². The molecule has 0 bridgehead atoms. The zero-order valence-electron chi connectivity index (χ0n) is 13.1. The summed E-state index contributed by atoms with van der Waals surface area (Å²) in [5, 5.41) is 2.59. The highest BCUT2D eigenvalue weighted by molar-refractivity contribution is 6.09. The molecule has 0 amide bonds. The van der Waals surface area contributed by atoms with E-state index < -0.39 is 0 Å². The fourth-order valence-corrected chi connectivity index (χ4v) is 3.50. The highest BCUT2D eigenvalue weighted by Gasteiger charge is 2.11. The predicted octanol–water partition coefficient (Wildman–Crippen LogP) is 5.78. The van der Waals surface area contributed by atoms with E-state index in [1.54, 1.807) is 0 Å². The molecule has 0 aliphatic heterocycles. The molecule has 0 radical (unpaired) electrons. The Morgan fingerprint density at radius 2 is 1.21 bits per heavy atom. The number of aromatic amines is 1. The van der Waals surface area contributed by atoms with Gasteiger partial charge in [0.25, 0.3) is 0 Å². The molecule has 0 aliphatic carbocycles. The molecule has 2 aromatic heterocycles. The largest absolute Gasteiger partial charge is 0.361 e. The third kappa shape index (κ3) is 1.90. The number of aromatic nitrogens is 2. The minimum atomic E-state index is 1.14. The van der Waals surface area contributed by atoms with Gasteiger partial charge in [-0.1, -0.05) is 48.5 Å². The molecule has 2 heterocycles. The highest BCUT2D eigenvalue weighted by Crippen LogP contribution is 2.32. The van der Waals surface area contributed by atoms with Crippen molar-refractivity contribution in [2.24, 2.45) is 0 Å². The summed E-state index contributed by atoms with van der Waals surface area (Å²) >= 11 is 0. The first kappa shape index (κ1) is 13.2. The Morgan fingerprint density at radius 1 is 0.583 bits per heavy atom. The first-order valence-corrected chi connectivity index (χ1v) is 8.14. The van der Waals surface area contributed by atoms with E-state index in [0.717, 1.165) is 5.69 Å². The van der Waals surface area contributed by atoms with E-state index in [2.05, 4.69) is 88.4 Å². The smallest absolute Gasteiger partial charge is 0.0541 e. The SMILES string of the molecule is c1c[nH]c(-c2ccc(-n3c4ccccc4c4ccccc43)cc2)c1. The van der Waals surface area contributed by atoms with Crippen LogP contribution in [-0.4, -0.2) is 9.55 Å². The molecule has 0 aliphatic rings. The molecule has 0 saturated carbocycles. The van der Waals surface area contributed by atoms with Gasteiger partial charge in [0.15, 0.2) is 0 Å². The number of nitrogens with zero attached hydrogens (tertiary/aromatic N) is 1. The van der Waals surface area contributed by atoms with Gasteiger partial charge in [0.1, 0.15) is 0 Å². The molecule has 0 unspecified atom stereocenters. The van der Waals surface area contributed by atoms with Gasteiger partial charge < -0.3 is 9.55 Å². The summed E-state index contributed by atoms with van der Waals surface area (Å²) < 4.78 is 2.34. The zero-order chi connectivity index (χ0) is 15.9. The fourth-order valence-electron chi connectivity index (χ4n) is 3.50. The zero-order valence-corrected chi connectivity index (χ0v) is 13.1. The molecule has 2 nitrogen and oxygen atoms in total. The number of rotatable bonds is 2. The van der Waals surface area contributed by atoms with E-state index in [1.807, 2.05) is 12.3 Å². The van der Waals surface area contributed by atoms with Gasteiger partial charge in [-0.05, 0) is 42.0 Å². The second kappa shape index (κ2) is 5.14. The molecule has 0 fully saturated rings. The standard InChI is InChI=1S/C22H16N2/c1-3-9-21-18(6-1)19-7-2-4-10-22(19)24(21)17-13-11-16(12-14-17)20-8-5-15-23-20/h1-15,23H. The van der Waals surface area contributed by atoms with Crippen molar-refractivity contribution in [3.8, 4) is 16.9 Å². The second-order valence-electron chi connectivity index (χ2n) is 6.00. The third-order valence-electron chi connectivity index (χ3n) is 4.61. The van der Waals surface area contributed by atoms with Crippen molar-refractivity contribution >= 4 is 21.8 Å². The maximum atomic E-state index is 3.26. The Kier molecular flexibility index (Phi) is 2.83. The maximum Gasteiger partial charge on any atom is 0.0541 e. The van der Waals surface area contributed by atoms with Crippen LogP contribution >= 0.6 is 0 Å². The molecule has 0 atom stereocenters. The van der Waals surface area contributed by atoms with Gasteiger partial charge in [0.2, 0.25) is 0 Å². The van der Waals surface area contributed by atoms with Crippen molar-refractivity contribution in [3.63, 3.8) is 0 Å². The molecule has 3 aromatic carbocycles. The molecule has 114 valence electrons. The Balaban J connectivity index is 1.76. The third-order valence-corrected chi connectivity index (χ3v) is 4.61. The molecule has 0 spiro atoms. The molecule has 5 aromatic rings. The topological polar surface area (TPSA) is 20.7 Å². The lowest BCUT2D eigenvalue weighted by Crippen LogP contribution is -1.93. The summed E-state index contributed by atoms with van der Waals surface area (Å²) in [5.74, 6) is 0. The Labute approximate surface area is 140 Å². The number of para-hydroxylation sites is 2. The second-order valence-corrected chi connectivity index (χ2v) is 6.00. The van der Waals surface area contributed by atoms with Gasteiger partial charge in [-0.3, -0.25) is 0 Å². The highest BCUT2D eigenvalue weighted by atomic mass is 15.0. The average Bonchev–Trinajstić information content (AvgIpc) is 3.28. The molecule has 0 saturated heterocycles. The van der Waals surface area contributed by atoms with Crippen molar-refractivity contribution in [1.29, 1.82) is 0 Å². The number of fused-ring (bicyclic) bond motifs is 3. The lowest BCUT2D eigenvalue weighted by molar-refractivity contribution is 1.18. The van der Waals surface area contributed by atoms with E-state index >= 15 is 0 Å². The van der Waals surface area contributed by atoms with Crippen LogP contribution in [0, 0.1) is 0 Å². The summed E-state index contributed by atoms with van der Waals surface area (Å²) in [4.78, 5) is 3.26. The van der Waals surface area contributed by atoms with Gasteiger partial charge in [-0.25, -0.2) is 0 Å². The Hall–Kier alpha value is -3.26. The van der Waals surface area contributed by atoms with Gasteiger partial charge >= 0.3 is 0 Å². The quantitative estimate of drug-likeness (QED) is 0.427. The Bertz CT molecular complexity index is 1080. The minimum absolute atomic E-state index is 1.14. The summed E-state index contributed by atoms with van der Waals surface area (Å²) in [7, 11) is 0. The van der Waals surface area contributed by atoms with Crippen LogP contribution in [-0.2, 0) is 0 Å². The van der Waals surface area contributed by atoms with Crippen molar-refractivity contribution in [3.05, 3.63) is 91.1 Å². The minimum Gasteiger partial charge on any atom is -0.361 e. The van der Waals surface area contributed by atoms with Gasteiger partial charge in [-0.2, -0.15) is 0 Å². The first-order valence-electron chi connectivity index (χ1n) is 8.14. The number of nitrogens with one attached hydrogen (secondary N) is 1. The summed E-state index contributed by atoms with van der Waals surface area (Å²) in [5.41, 5.74) is 6.01. The average molecular weight is 308 g/mol. The lowest BCUT2D eigenvalue weighted by atomic mass is 10.1. The van der Waals surface area contributed by atoms with Crippen LogP contribution in [0.2, 0.25) is 0 Å². The van der Waals surface area contributed by atoms with Crippen molar-refractivity contribution < 1.29 is 0 Å². The molecule has 5 rings (SSSR count). The molecular formula is C22H16N2. The summed E-state index contributed by atoms with van der Waals surface area (Å²) in [6.45, 7) is 0. The molecular weight excluding hydrogens is 292 g/mol. The number of H-pyrrole nitrogens is 1. The van der Waals surface area contributed by atoms with Gasteiger partial charge in [-0.15, -0.1) is 0 Å². The van der Waals surface area contributed by atoms with Crippen LogP contribution in [0.15, 0.2) is 91.1 Å². The number of benzene rings is 3. The molecule has 1 N–H and O–H groups in total. The maximum absolute atomic E-state index is 3.26. The van der Waals surface area contributed by atoms with Crippen LogP contribution in [0.1, 0.15) is 0 Å². The van der Waals surface area contributed by atoms with Crippen LogP contribution in [0.3, 0.4) is 0 Å². The van der Waals surface area contributed by atoms with Crippen molar-refractivity contribution in [1.82, 2.24) is 9.55 Å². The molecule has 2 heteroatoms. The van der Waals surface area contributed by atoms with E-state index in [-0.39, 0.29) is 0 Å². The van der Waals surface area contributed by atoms with E-state index in [0.29, 0.717) is 0 Å². The van der Waals surface area contributed by atoms with Crippen molar-refractivity contribution in [2.75, 3.05) is 0 Å². The fraction of sp³-hybridized carbons (Fsp3) is 0. The number of hydrogen-bond donors (Lipinski definition) is 1. The summed E-state index contributed by atoms with van der Waals surface area (Å²) in [6.07, 6.45) is 1.95. The van der Waals surface area contributed by atoms with Crippen LogP contribution in [0.4, 0.5) is 0 Å². The van der Waals surface area contributed by atoms with Gasteiger partial charge in [0, 0.05) is 28.4 Å². The predicted molar refractivity (Wildman–Crippen MR) is 101 cm³/mol. The first-order chi connectivity index (χ1) is 11.9. The van der Waals surface area contributed by atoms with Crippen LogP contribution < -0.4 is 0 Å². The van der Waals surface area contributed by atoms with Crippen LogP contribution in [0.25, 0.3) is 38.8 Å². The van der Waals surface area contributed by atoms with Gasteiger partial charge in [0.05, 0.1) is 11.0 Å². The Morgan fingerprint density at radius 3 is 1.79 bits per heavy atom. The van der Waals surface area contributed by atoms with E-state index in [1.165, 1.54) is 33.1 Å². The number of hydrogen-bond acceptors (Lipinski definition) is 0. The molecule has 24 heavy (non-hydrogen) atoms. The van der Waals surface area contributed by atoms with E-state index in [4.69, 9.17) is 0 Å². The monoisotopic (exact) mass is 308 g/mol. The lowest BCUT2D eigenvalue weighted by Gasteiger charge is -2.08.